The molecule has 1 aliphatic rings. The molecular formula is C17H23N5O2. The van der Waals surface area contributed by atoms with Gasteiger partial charge < -0.3 is 14.6 Å². The summed E-state index contributed by atoms with van der Waals surface area (Å²) in [4.78, 5) is 16.7. The van der Waals surface area contributed by atoms with Gasteiger partial charge in [0.15, 0.2) is 5.82 Å². The van der Waals surface area contributed by atoms with Gasteiger partial charge in [0.2, 0.25) is 5.88 Å². The normalized spacial score (nSPS) is 16.1. The van der Waals surface area contributed by atoms with Gasteiger partial charge in [-0.05, 0) is 38.8 Å². The predicted octanol–water partition coefficient (Wildman–Crippen LogP) is 2.68. The van der Waals surface area contributed by atoms with Crippen LogP contribution in [0.1, 0.15) is 67.8 Å². The van der Waals surface area contributed by atoms with Gasteiger partial charge >= 0.3 is 0 Å². The summed E-state index contributed by atoms with van der Waals surface area (Å²) < 4.78 is 7.53. The van der Waals surface area contributed by atoms with E-state index in [0.717, 1.165) is 18.7 Å². The van der Waals surface area contributed by atoms with Crippen LogP contribution in [0.25, 0.3) is 0 Å². The Hall–Kier alpha value is -2.44. The second kappa shape index (κ2) is 7.42. The van der Waals surface area contributed by atoms with Crippen LogP contribution in [0.15, 0.2) is 24.7 Å². The molecular weight excluding hydrogens is 306 g/mol. The third-order valence-corrected chi connectivity index (χ3v) is 4.35. The molecule has 3 rings (SSSR count). The first-order chi connectivity index (χ1) is 11.7. The van der Waals surface area contributed by atoms with Crippen molar-refractivity contribution < 1.29 is 9.53 Å². The van der Waals surface area contributed by atoms with Crippen molar-refractivity contribution in [2.45, 2.75) is 51.6 Å². The summed E-state index contributed by atoms with van der Waals surface area (Å²) in [7, 11) is 0. The van der Waals surface area contributed by atoms with Crippen molar-refractivity contribution in [3.05, 3.63) is 36.0 Å². The Kier molecular flexibility index (Phi) is 5.08. The largest absolute Gasteiger partial charge is 0.477 e. The van der Waals surface area contributed by atoms with Crippen LogP contribution in [0.3, 0.4) is 0 Å². The third kappa shape index (κ3) is 3.39. The molecule has 1 N–H and O–H groups in total. The molecule has 2 heterocycles. The molecule has 1 saturated carbocycles. The minimum absolute atomic E-state index is 0.222. The zero-order valence-corrected chi connectivity index (χ0v) is 14.1. The minimum atomic E-state index is -0.240. The smallest absolute Gasteiger partial charge is 0.257 e. The molecule has 0 aliphatic heterocycles. The van der Waals surface area contributed by atoms with Crippen molar-refractivity contribution in [2.24, 2.45) is 0 Å². The second-order valence-electron chi connectivity index (χ2n) is 6.02. The highest BCUT2D eigenvalue weighted by Gasteiger charge is 2.24. The van der Waals surface area contributed by atoms with Gasteiger partial charge in [-0.15, -0.1) is 10.2 Å². The summed E-state index contributed by atoms with van der Waals surface area (Å²) in [6, 6.07) is 3.63. The van der Waals surface area contributed by atoms with Gasteiger partial charge in [0.05, 0.1) is 12.6 Å². The molecule has 1 amide bonds. The van der Waals surface area contributed by atoms with Crippen molar-refractivity contribution in [1.82, 2.24) is 25.1 Å². The maximum atomic E-state index is 12.6. The Morgan fingerprint density at radius 3 is 3.00 bits per heavy atom. The van der Waals surface area contributed by atoms with Crippen molar-refractivity contribution >= 4 is 5.91 Å². The van der Waals surface area contributed by atoms with E-state index in [-0.39, 0.29) is 11.9 Å². The van der Waals surface area contributed by atoms with Crippen molar-refractivity contribution in [3.63, 3.8) is 0 Å². The van der Waals surface area contributed by atoms with Crippen molar-refractivity contribution in [2.75, 3.05) is 6.61 Å². The van der Waals surface area contributed by atoms with E-state index in [0.29, 0.717) is 24.1 Å². The first kappa shape index (κ1) is 16.4. The SMILES string of the molecule is CCOc1ncccc1C(=O)NC(C)c1nncn1C1CCCC1. The van der Waals surface area contributed by atoms with Gasteiger partial charge in [0.1, 0.15) is 11.9 Å². The van der Waals surface area contributed by atoms with E-state index in [1.165, 1.54) is 12.8 Å². The Labute approximate surface area is 141 Å². The van der Waals surface area contributed by atoms with E-state index in [9.17, 15) is 4.79 Å². The van der Waals surface area contributed by atoms with E-state index < -0.39 is 0 Å². The average Bonchev–Trinajstić information content (AvgIpc) is 3.26. The van der Waals surface area contributed by atoms with Crippen LogP contribution in [0.2, 0.25) is 0 Å². The van der Waals surface area contributed by atoms with Crippen LogP contribution < -0.4 is 10.1 Å². The predicted molar refractivity (Wildman–Crippen MR) is 88.8 cm³/mol. The molecule has 1 unspecified atom stereocenters. The van der Waals surface area contributed by atoms with Crippen LogP contribution >= 0.6 is 0 Å². The number of rotatable bonds is 6. The Balaban J connectivity index is 1.74. The molecule has 0 radical (unpaired) electrons. The third-order valence-electron chi connectivity index (χ3n) is 4.35. The molecule has 0 saturated heterocycles. The summed E-state index contributed by atoms with van der Waals surface area (Å²) in [6.07, 6.45) is 8.13. The van der Waals surface area contributed by atoms with Crippen LogP contribution in [0.4, 0.5) is 0 Å². The first-order valence-electron chi connectivity index (χ1n) is 8.48. The highest BCUT2D eigenvalue weighted by atomic mass is 16.5. The summed E-state index contributed by atoms with van der Waals surface area (Å²) in [5, 5.41) is 11.2. The lowest BCUT2D eigenvalue weighted by atomic mass is 10.2. The number of nitrogens with one attached hydrogen (secondary N) is 1. The molecule has 1 aliphatic carbocycles. The van der Waals surface area contributed by atoms with E-state index in [1.54, 1.807) is 24.7 Å². The fourth-order valence-electron chi connectivity index (χ4n) is 3.18. The molecule has 24 heavy (non-hydrogen) atoms. The lowest BCUT2D eigenvalue weighted by Gasteiger charge is -2.19. The molecule has 0 aromatic carbocycles. The van der Waals surface area contributed by atoms with Crippen LogP contribution in [0, 0.1) is 0 Å². The average molecular weight is 329 g/mol. The first-order valence-corrected chi connectivity index (χ1v) is 8.48. The van der Waals surface area contributed by atoms with Crippen LogP contribution in [0.5, 0.6) is 5.88 Å². The lowest BCUT2D eigenvalue weighted by molar-refractivity contribution is 0.0932. The summed E-state index contributed by atoms with van der Waals surface area (Å²) >= 11 is 0. The fraction of sp³-hybridized carbons (Fsp3) is 0.529. The van der Waals surface area contributed by atoms with E-state index >= 15 is 0 Å². The summed E-state index contributed by atoms with van der Waals surface area (Å²) in [5.74, 6) is 0.916. The molecule has 2 aromatic rings. The Morgan fingerprint density at radius 1 is 1.46 bits per heavy atom. The molecule has 7 heteroatoms. The topological polar surface area (TPSA) is 81.9 Å². The molecule has 0 bridgehead atoms. The minimum Gasteiger partial charge on any atom is -0.477 e. The Bertz CT molecular complexity index is 694. The van der Waals surface area contributed by atoms with Crippen molar-refractivity contribution in [1.29, 1.82) is 0 Å². The summed E-state index contributed by atoms with van der Waals surface area (Å²) in [5.41, 5.74) is 0.429. The van der Waals surface area contributed by atoms with E-state index in [4.69, 9.17) is 4.74 Å². The van der Waals surface area contributed by atoms with Gasteiger partial charge in [0, 0.05) is 12.2 Å². The number of hydrogen-bond acceptors (Lipinski definition) is 5. The fourth-order valence-corrected chi connectivity index (χ4v) is 3.18. The Morgan fingerprint density at radius 2 is 2.25 bits per heavy atom. The number of carbonyl (C=O) groups is 1. The zero-order chi connectivity index (χ0) is 16.9. The molecule has 1 atom stereocenters. The lowest BCUT2D eigenvalue weighted by Crippen LogP contribution is -2.29. The number of hydrogen-bond donors (Lipinski definition) is 1. The van der Waals surface area contributed by atoms with Gasteiger partial charge in [-0.2, -0.15) is 0 Å². The van der Waals surface area contributed by atoms with E-state index in [1.807, 2.05) is 13.8 Å². The maximum Gasteiger partial charge on any atom is 0.257 e. The number of pyridine rings is 1. The van der Waals surface area contributed by atoms with Gasteiger partial charge in [0.25, 0.3) is 5.91 Å². The second-order valence-corrected chi connectivity index (χ2v) is 6.02. The highest BCUT2D eigenvalue weighted by Crippen LogP contribution is 2.31. The van der Waals surface area contributed by atoms with Crippen LogP contribution in [-0.4, -0.2) is 32.3 Å². The number of aromatic nitrogens is 4. The maximum absolute atomic E-state index is 12.6. The number of nitrogens with zero attached hydrogens (tertiary/aromatic N) is 4. The zero-order valence-electron chi connectivity index (χ0n) is 14.1. The van der Waals surface area contributed by atoms with Gasteiger partial charge in [-0.1, -0.05) is 12.8 Å². The molecule has 2 aromatic heterocycles. The quantitative estimate of drug-likeness (QED) is 0.881. The number of ether oxygens (including phenoxy) is 1. The highest BCUT2D eigenvalue weighted by molar-refractivity contribution is 5.96. The molecule has 1 fully saturated rings. The van der Waals surface area contributed by atoms with Crippen LogP contribution in [-0.2, 0) is 0 Å². The number of amides is 1. The van der Waals surface area contributed by atoms with Crippen molar-refractivity contribution in [3.8, 4) is 5.88 Å². The standard InChI is InChI=1S/C17H23N5O2/c1-3-24-17-14(9-6-10-18-17)16(23)20-12(2)15-21-19-11-22(15)13-7-4-5-8-13/h6,9-13H,3-5,7-8H2,1-2H3,(H,20,23). The van der Waals surface area contributed by atoms with Gasteiger partial charge in [-0.3, -0.25) is 4.79 Å². The van der Waals surface area contributed by atoms with E-state index in [2.05, 4.69) is 25.1 Å². The summed E-state index contributed by atoms with van der Waals surface area (Å²) in [6.45, 7) is 4.25. The van der Waals surface area contributed by atoms with Gasteiger partial charge in [-0.25, -0.2) is 4.98 Å². The molecule has 0 spiro atoms. The monoisotopic (exact) mass is 329 g/mol. The molecule has 128 valence electrons. The molecule has 7 nitrogen and oxygen atoms in total. The number of carbonyl (C=O) groups excluding carboxylic acids is 1.